The van der Waals surface area contributed by atoms with E-state index < -0.39 is 17.2 Å². The summed E-state index contributed by atoms with van der Waals surface area (Å²) in [5.41, 5.74) is 0.0339. The molecular formula is C20H27Cl2N3O3. The molecule has 0 fully saturated rings. The second kappa shape index (κ2) is 8.21. The average Bonchev–Trinajstić information content (AvgIpc) is 2.92. The van der Waals surface area contributed by atoms with Gasteiger partial charge in [0.1, 0.15) is 11.3 Å². The highest BCUT2D eigenvalue weighted by atomic mass is 35.5. The lowest BCUT2D eigenvalue weighted by Crippen LogP contribution is -2.53. The molecule has 2 amide bonds. The van der Waals surface area contributed by atoms with Gasteiger partial charge in [0.05, 0.1) is 15.6 Å². The number of halogens is 2. The smallest absolute Gasteiger partial charge is 0.407 e. The van der Waals surface area contributed by atoms with Crippen molar-refractivity contribution in [2.75, 3.05) is 6.54 Å². The van der Waals surface area contributed by atoms with E-state index in [4.69, 9.17) is 27.9 Å². The molecule has 0 radical (unpaired) electrons. The number of aryl methyl sites for hydroxylation is 1. The van der Waals surface area contributed by atoms with E-state index in [0.29, 0.717) is 27.5 Å². The summed E-state index contributed by atoms with van der Waals surface area (Å²) in [5.74, 6) is -0.263. The number of aromatic nitrogens is 1. The number of carbonyl (C=O) groups is 2. The molecule has 0 bridgehead atoms. The summed E-state index contributed by atoms with van der Waals surface area (Å²) in [6.07, 6.45) is 0.0953. The zero-order valence-electron chi connectivity index (χ0n) is 17.1. The second-order valence-electron chi connectivity index (χ2n) is 8.11. The van der Waals surface area contributed by atoms with Crippen LogP contribution in [0.3, 0.4) is 0 Å². The van der Waals surface area contributed by atoms with Gasteiger partial charge >= 0.3 is 6.09 Å². The predicted octanol–water partition coefficient (Wildman–Crippen LogP) is 4.91. The number of rotatable bonds is 5. The van der Waals surface area contributed by atoms with Crippen molar-refractivity contribution in [3.63, 3.8) is 0 Å². The zero-order chi connectivity index (χ0) is 21.3. The first kappa shape index (κ1) is 22.4. The van der Waals surface area contributed by atoms with Gasteiger partial charge in [0, 0.05) is 24.5 Å². The Bertz CT molecular complexity index is 902. The minimum atomic E-state index is -0.647. The molecule has 1 heterocycles. The van der Waals surface area contributed by atoms with Crippen LogP contribution in [0.15, 0.2) is 18.2 Å². The molecule has 1 aromatic carbocycles. The molecule has 2 rings (SSSR count). The lowest BCUT2D eigenvalue weighted by atomic mass is 9.98. The van der Waals surface area contributed by atoms with Gasteiger partial charge in [-0.25, -0.2) is 4.79 Å². The van der Waals surface area contributed by atoms with Crippen LogP contribution in [0.4, 0.5) is 4.79 Å². The number of fused-ring (bicyclic) bond motifs is 1. The molecule has 0 aliphatic rings. The van der Waals surface area contributed by atoms with E-state index in [0.717, 1.165) is 5.52 Å². The van der Waals surface area contributed by atoms with Crippen LogP contribution in [0, 0.1) is 0 Å². The van der Waals surface area contributed by atoms with Crippen LogP contribution in [0.25, 0.3) is 10.9 Å². The van der Waals surface area contributed by atoms with E-state index in [9.17, 15) is 9.59 Å². The number of amides is 2. The molecule has 6 nitrogen and oxygen atoms in total. The molecule has 0 saturated carbocycles. The number of hydrogen-bond acceptors (Lipinski definition) is 3. The lowest BCUT2D eigenvalue weighted by Gasteiger charge is -2.30. The Morgan fingerprint density at radius 1 is 1.18 bits per heavy atom. The normalized spacial score (nSPS) is 13.9. The molecule has 1 unspecified atom stereocenters. The van der Waals surface area contributed by atoms with Gasteiger partial charge in [0.2, 0.25) is 0 Å². The van der Waals surface area contributed by atoms with Crippen molar-refractivity contribution < 1.29 is 14.3 Å². The first-order valence-electron chi connectivity index (χ1n) is 9.09. The molecule has 2 N–H and O–H groups in total. The minimum Gasteiger partial charge on any atom is -0.444 e. The van der Waals surface area contributed by atoms with Crippen molar-refractivity contribution in [3.8, 4) is 0 Å². The summed E-state index contributed by atoms with van der Waals surface area (Å²) >= 11 is 12.4. The fourth-order valence-electron chi connectivity index (χ4n) is 2.74. The van der Waals surface area contributed by atoms with E-state index >= 15 is 0 Å². The maximum atomic E-state index is 12.9. The number of nitrogens with one attached hydrogen (secondary N) is 2. The van der Waals surface area contributed by atoms with Crippen molar-refractivity contribution in [1.29, 1.82) is 0 Å². The summed E-state index contributed by atoms with van der Waals surface area (Å²) in [5, 5.41) is 7.30. The summed E-state index contributed by atoms with van der Waals surface area (Å²) in [4.78, 5) is 24.9. The highest BCUT2D eigenvalue weighted by molar-refractivity contribution is 6.45. The maximum absolute atomic E-state index is 12.9. The van der Waals surface area contributed by atoms with Crippen molar-refractivity contribution in [1.82, 2.24) is 15.2 Å². The van der Waals surface area contributed by atoms with E-state index in [1.807, 2.05) is 19.9 Å². The molecule has 1 atom stereocenters. The van der Waals surface area contributed by atoms with Crippen LogP contribution in [-0.4, -0.2) is 34.3 Å². The van der Waals surface area contributed by atoms with Gasteiger partial charge in [-0.3, -0.25) is 4.79 Å². The quantitative estimate of drug-likeness (QED) is 0.711. The fourth-order valence-corrected chi connectivity index (χ4v) is 3.12. The van der Waals surface area contributed by atoms with Crippen molar-refractivity contribution in [2.24, 2.45) is 7.05 Å². The van der Waals surface area contributed by atoms with E-state index in [-0.39, 0.29) is 12.5 Å². The van der Waals surface area contributed by atoms with Crippen molar-refractivity contribution in [2.45, 2.75) is 52.2 Å². The summed E-state index contributed by atoms with van der Waals surface area (Å²) in [6, 6.07) is 5.24. The van der Waals surface area contributed by atoms with Gasteiger partial charge in [-0.15, -0.1) is 0 Å². The second-order valence-corrected chi connectivity index (χ2v) is 8.89. The first-order valence-corrected chi connectivity index (χ1v) is 9.85. The van der Waals surface area contributed by atoms with Crippen LogP contribution in [-0.2, 0) is 11.8 Å². The third kappa shape index (κ3) is 5.11. The molecule has 2 aromatic rings. The minimum absolute atomic E-state index is 0.237. The van der Waals surface area contributed by atoms with E-state index in [1.165, 1.54) is 0 Å². The molecular weight excluding hydrogens is 401 g/mol. The monoisotopic (exact) mass is 427 g/mol. The largest absolute Gasteiger partial charge is 0.444 e. The maximum Gasteiger partial charge on any atom is 0.407 e. The number of hydrogen-bond donors (Lipinski definition) is 2. The molecule has 8 heteroatoms. The van der Waals surface area contributed by atoms with Crippen LogP contribution >= 0.6 is 23.2 Å². The highest BCUT2D eigenvalue weighted by Crippen LogP contribution is 2.32. The molecule has 154 valence electrons. The number of alkyl carbamates (subject to hydrolysis) is 1. The van der Waals surface area contributed by atoms with E-state index in [1.54, 1.807) is 44.5 Å². The zero-order valence-corrected chi connectivity index (χ0v) is 18.6. The molecule has 0 saturated heterocycles. The summed E-state index contributed by atoms with van der Waals surface area (Å²) in [7, 11) is 1.80. The average molecular weight is 428 g/mol. The number of carbonyl (C=O) groups excluding carboxylic acids is 2. The van der Waals surface area contributed by atoms with Gasteiger partial charge in [-0.1, -0.05) is 30.1 Å². The topological polar surface area (TPSA) is 72.4 Å². The predicted molar refractivity (Wildman–Crippen MR) is 113 cm³/mol. The summed E-state index contributed by atoms with van der Waals surface area (Å²) < 4.78 is 7.02. The fraction of sp³-hybridized carbons (Fsp3) is 0.500. The number of ether oxygens (including phenoxy) is 1. The lowest BCUT2D eigenvalue weighted by molar-refractivity contribution is 0.0506. The van der Waals surface area contributed by atoms with Gasteiger partial charge in [0.25, 0.3) is 5.91 Å². The third-order valence-corrected chi connectivity index (χ3v) is 5.38. The number of benzene rings is 1. The van der Waals surface area contributed by atoms with Gasteiger partial charge in [0.15, 0.2) is 0 Å². The van der Waals surface area contributed by atoms with Gasteiger partial charge in [-0.2, -0.15) is 0 Å². The Morgan fingerprint density at radius 2 is 1.82 bits per heavy atom. The van der Waals surface area contributed by atoms with Crippen LogP contribution in [0.1, 0.15) is 51.5 Å². The summed E-state index contributed by atoms with van der Waals surface area (Å²) in [6.45, 7) is 9.44. The standard InChI is InChI=1S/C20H27Cl2N3O3/c1-7-20(5,11-23-18(27)28-19(2,3)4)24-17(26)15-10-12-14(25(15)6)9-8-13(21)16(12)22/h8-10H,7,11H2,1-6H3,(H,23,27)(H,24,26). The Kier molecular flexibility index (Phi) is 6.56. The van der Waals surface area contributed by atoms with Crippen LogP contribution in [0.2, 0.25) is 10.0 Å². The van der Waals surface area contributed by atoms with E-state index in [2.05, 4.69) is 10.6 Å². The Hall–Kier alpha value is -1.92. The van der Waals surface area contributed by atoms with Crippen molar-refractivity contribution in [3.05, 3.63) is 33.9 Å². The molecule has 0 spiro atoms. The Balaban J connectivity index is 2.17. The van der Waals surface area contributed by atoms with Gasteiger partial charge < -0.3 is 19.9 Å². The number of nitrogens with zero attached hydrogens (tertiary/aromatic N) is 1. The SMILES string of the molecule is CCC(C)(CNC(=O)OC(C)(C)C)NC(=O)c1cc2c(Cl)c(Cl)ccc2n1C. The van der Waals surface area contributed by atoms with Crippen LogP contribution in [0.5, 0.6) is 0 Å². The highest BCUT2D eigenvalue weighted by Gasteiger charge is 2.28. The molecule has 0 aliphatic heterocycles. The Morgan fingerprint density at radius 3 is 2.39 bits per heavy atom. The molecule has 28 heavy (non-hydrogen) atoms. The Labute approximate surface area is 175 Å². The molecule has 0 aliphatic carbocycles. The molecule has 1 aromatic heterocycles. The van der Waals surface area contributed by atoms with Gasteiger partial charge in [-0.05, 0) is 52.3 Å². The third-order valence-electron chi connectivity index (χ3n) is 4.56. The van der Waals surface area contributed by atoms with Crippen LogP contribution < -0.4 is 10.6 Å². The van der Waals surface area contributed by atoms with Crippen molar-refractivity contribution >= 4 is 46.1 Å². The first-order chi connectivity index (χ1) is 12.9.